The molecule has 0 saturated carbocycles. The Kier molecular flexibility index (Phi) is 6.30. The Hall–Kier alpha value is -0.930. The SMILES string of the molecule is C=C([C@@H](O)CCCCC)S(=O)c1ccc(C)cc1. The maximum Gasteiger partial charge on any atom is 0.0871 e. The molecular weight excluding hydrogens is 244 g/mol. The number of aryl methyl sites for hydroxylation is 1. The highest BCUT2D eigenvalue weighted by Gasteiger charge is 2.16. The Morgan fingerprint density at radius 1 is 1.33 bits per heavy atom. The topological polar surface area (TPSA) is 37.3 Å². The summed E-state index contributed by atoms with van der Waals surface area (Å²) in [5.74, 6) is 0. The van der Waals surface area contributed by atoms with Gasteiger partial charge in [0.15, 0.2) is 0 Å². The lowest BCUT2D eigenvalue weighted by Gasteiger charge is -2.13. The normalized spacial score (nSPS) is 14.2. The lowest BCUT2D eigenvalue weighted by atomic mass is 10.1. The fraction of sp³-hybridized carbons (Fsp3) is 0.467. The molecule has 3 heteroatoms. The summed E-state index contributed by atoms with van der Waals surface area (Å²) in [5, 5.41) is 9.94. The molecule has 0 heterocycles. The van der Waals surface area contributed by atoms with Gasteiger partial charge in [-0.3, -0.25) is 0 Å². The molecule has 0 fully saturated rings. The maximum absolute atomic E-state index is 12.2. The largest absolute Gasteiger partial charge is 0.388 e. The van der Waals surface area contributed by atoms with Gasteiger partial charge in [-0.15, -0.1) is 0 Å². The van der Waals surface area contributed by atoms with Crippen molar-refractivity contribution in [3.05, 3.63) is 41.3 Å². The molecule has 2 nitrogen and oxygen atoms in total. The van der Waals surface area contributed by atoms with Gasteiger partial charge in [0, 0.05) is 9.80 Å². The predicted molar refractivity (Wildman–Crippen MR) is 76.9 cm³/mol. The molecule has 1 N–H and O–H groups in total. The van der Waals surface area contributed by atoms with E-state index >= 15 is 0 Å². The second-order valence-corrected chi connectivity index (χ2v) is 6.09. The van der Waals surface area contributed by atoms with E-state index in [1.807, 2.05) is 31.2 Å². The number of unbranched alkanes of at least 4 members (excludes halogenated alkanes) is 2. The van der Waals surface area contributed by atoms with Crippen LogP contribution in [0.1, 0.15) is 38.2 Å². The maximum atomic E-state index is 12.2. The fourth-order valence-electron chi connectivity index (χ4n) is 1.69. The van der Waals surface area contributed by atoms with Crippen LogP contribution in [-0.4, -0.2) is 15.4 Å². The second kappa shape index (κ2) is 7.49. The van der Waals surface area contributed by atoms with Gasteiger partial charge in [-0.05, 0) is 25.5 Å². The van der Waals surface area contributed by atoms with Gasteiger partial charge in [-0.25, -0.2) is 4.21 Å². The van der Waals surface area contributed by atoms with Gasteiger partial charge in [0.05, 0.1) is 16.9 Å². The molecular formula is C15H22O2S. The van der Waals surface area contributed by atoms with Crippen molar-refractivity contribution in [2.75, 3.05) is 0 Å². The summed E-state index contributed by atoms with van der Waals surface area (Å²) in [6.07, 6.45) is 3.12. The molecule has 0 spiro atoms. The van der Waals surface area contributed by atoms with Crippen LogP contribution in [0.3, 0.4) is 0 Å². The van der Waals surface area contributed by atoms with E-state index < -0.39 is 16.9 Å². The summed E-state index contributed by atoms with van der Waals surface area (Å²) >= 11 is 0. The van der Waals surface area contributed by atoms with Crippen LogP contribution in [0.15, 0.2) is 40.6 Å². The van der Waals surface area contributed by atoms with Crippen LogP contribution in [-0.2, 0) is 10.8 Å². The monoisotopic (exact) mass is 266 g/mol. The van der Waals surface area contributed by atoms with Crippen molar-refractivity contribution >= 4 is 10.8 Å². The molecule has 1 rings (SSSR count). The first kappa shape index (κ1) is 15.1. The van der Waals surface area contributed by atoms with E-state index in [9.17, 15) is 9.32 Å². The summed E-state index contributed by atoms with van der Waals surface area (Å²) in [7, 11) is -1.32. The first-order chi connectivity index (χ1) is 8.56. The molecule has 0 aliphatic rings. The number of benzene rings is 1. The van der Waals surface area contributed by atoms with E-state index in [-0.39, 0.29) is 0 Å². The number of rotatable bonds is 7. The molecule has 0 bridgehead atoms. The standard InChI is InChI=1S/C15H22O2S/c1-4-5-6-7-15(16)13(3)18(17)14-10-8-12(2)9-11-14/h8-11,15-16H,3-7H2,1-2H3/t15-,18?/m0/s1. The Balaban J connectivity index is 2.60. The molecule has 1 aromatic carbocycles. The van der Waals surface area contributed by atoms with Crippen molar-refractivity contribution in [3.8, 4) is 0 Å². The Bertz CT molecular complexity index is 409. The number of aliphatic hydroxyl groups excluding tert-OH is 1. The average Bonchev–Trinajstić information content (AvgIpc) is 2.38. The van der Waals surface area contributed by atoms with Gasteiger partial charge >= 0.3 is 0 Å². The van der Waals surface area contributed by atoms with Crippen LogP contribution in [0.25, 0.3) is 0 Å². The van der Waals surface area contributed by atoms with E-state index in [0.717, 1.165) is 24.8 Å². The van der Waals surface area contributed by atoms with Gasteiger partial charge < -0.3 is 5.11 Å². The molecule has 0 amide bonds. The summed E-state index contributed by atoms with van der Waals surface area (Å²) in [4.78, 5) is 1.12. The van der Waals surface area contributed by atoms with Crippen molar-refractivity contribution in [2.45, 2.75) is 50.5 Å². The highest BCUT2D eigenvalue weighted by Crippen LogP contribution is 2.19. The molecule has 100 valence electrons. The highest BCUT2D eigenvalue weighted by atomic mass is 32.2. The lowest BCUT2D eigenvalue weighted by Crippen LogP contribution is -2.13. The van der Waals surface area contributed by atoms with E-state index in [0.29, 0.717) is 16.2 Å². The van der Waals surface area contributed by atoms with Crippen LogP contribution in [0.5, 0.6) is 0 Å². The van der Waals surface area contributed by atoms with Crippen molar-refractivity contribution in [3.63, 3.8) is 0 Å². The second-order valence-electron chi connectivity index (χ2n) is 4.56. The van der Waals surface area contributed by atoms with Gasteiger partial charge in [-0.1, -0.05) is 50.5 Å². The van der Waals surface area contributed by atoms with E-state index in [4.69, 9.17) is 0 Å². The van der Waals surface area contributed by atoms with Gasteiger partial charge in [0.25, 0.3) is 0 Å². The summed E-state index contributed by atoms with van der Waals surface area (Å²) in [6, 6.07) is 7.50. The molecule has 18 heavy (non-hydrogen) atoms. The highest BCUT2D eigenvalue weighted by molar-refractivity contribution is 7.89. The zero-order valence-corrected chi connectivity index (χ0v) is 12.0. The van der Waals surface area contributed by atoms with Crippen molar-refractivity contribution in [1.82, 2.24) is 0 Å². The van der Waals surface area contributed by atoms with Crippen LogP contribution in [0, 0.1) is 6.92 Å². The van der Waals surface area contributed by atoms with Crippen molar-refractivity contribution < 1.29 is 9.32 Å². The minimum Gasteiger partial charge on any atom is -0.388 e. The Morgan fingerprint density at radius 2 is 1.94 bits per heavy atom. The van der Waals surface area contributed by atoms with E-state index in [1.54, 1.807) is 0 Å². The van der Waals surface area contributed by atoms with Crippen LogP contribution in [0.4, 0.5) is 0 Å². The van der Waals surface area contributed by atoms with E-state index in [1.165, 1.54) is 0 Å². The first-order valence-corrected chi connectivity index (χ1v) is 7.56. The minimum atomic E-state index is -1.32. The summed E-state index contributed by atoms with van der Waals surface area (Å²) < 4.78 is 12.2. The Morgan fingerprint density at radius 3 is 2.50 bits per heavy atom. The number of aliphatic hydroxyl groups is 1. The Labute approximate surface area is 112 Å². The minimum absolute atomic E-state index is 0.412. The quantitative estimate of drug-likeness (QED) is 0.766. The third-order valence-corrected chi connectivity index (χ3v) is 4.37. The van der Waals surface area contributed by atoms with Gasteiger partial charge in [0.2, 0.25) is 0 Å². The molecule has 0 aliphatic heterocycles. The lowest BCUT2D eigenvalue weighted by molar-refractivity contribution is 0.204. The van der Waals surface area contributed by atoms with Crippen molar-refractivity contribution in [1.29, 1.82) is 0 Å². The molecule has 1 unspecified atom stereocenters. The van der Waals surface area contributed by atoms with Crippen LogP contribution >= 0.6 is 0 Å². The number of hydrogen-bond donors (Lipinski definition) is 1. The fourth-order valence-corrected chi connectivity index (χ4v) is 2.74. The zero-order valence-electron chi connectivity index (χ0n) is 11.2. The molecule has 0 aromatic heterocycles. The summed E-state index contributed by atoms with van der Waals surface area (Å²) in [6.45, 7) is 7.89. The van der Waals surface area contributed by atoms with Crippen LogP contribution < -0.4 is 0 Å². The summed E-state index contributed by atoms with van der Waals surface area (Å²) in [5.41, 5.74) is 1.13. The van der Waals surface area contributed by atoms with Gasteiger partial charge in [-0.2, -0.15) is 0 Å². The predicted octanol–water partition coefficient (Wildman–Crippen LogP) is 3.56. The molecule has 0 radical (unpaired) electrons. The molecule has 1 aromatic rings. The number of hydrogen-bond acceptors (Lipinski definition) is 2. The molecule has 2 atom stereocenters. The first-order valence-electron chi connectivity index (χ1n) is 6.41. The van der Waals surface area contributed by atoms with Crippen LogP contribution in [0.2, 0.25) is 0 Å². The van der Waals surface area contributed by atoms with Crippen molar-refractivity contribution in [2.24, 2.45) is 0 Å². The zero-order chi connectivity index (χ0) is 13.5. The molecule has 0 saturated heterocycles. The van der Waals surface area contributed by atoms with E-state index in [2.05, 4.69) is 13.5 Å². The third kappa shape index (κ3) is 4.39. The average molecular weight is 266 g/mol. The van der Waals surface area contributed by atoms with Gasteiger partial charge in [0.1, 0.15) is 0 Å². The molecule has 0 aliphatic carbocycles. The third-order valence-electron chi connectivity index (χ3n) is 2.93. The smallest absolute Gasteiger partial charge is 0.0871 e.